The van der Waals surface area contributed by atoms with Crippen molar-refractivity contribution in [3.63, 3.8) is 0 Å². The van der Waals surface area contributed by atoms with Gasteiger partial charge in [-0.15, -0.1) is 0 Å². The van der Waals surface area contributed by atoms with E-state index in [2.05, 4.69) is 32.7 Å². The van der Waals surface area contributed by atoms with E-state index >= 15 is 0 Å². The molecule has 0 heterocycles. The number of hydrogen-bond donors (Lipinski definition) is 0. The van der Waals surface area contributed by atoms with Gasteiger partial charge >= 0.3 is 0 Å². The molecule has 0 atom stereocenters. The molecule has 0 N–H and O–H groups in total. The van der Waals surface area contributed by atoms with Crippen molar-refractivity contribution in [2.24, 2.45) is 10.4 Å². The third kappa shape index (κ3) is 3.54. The van der Waals surface area contributed by atoms with E-state index in [0.717, 1.165) is 0 Å². The van der Waals surface area contributed by atoms with E-state index in [0.29, 0.717) is 5.41 Å². The summed E-state index contributed by atoms with van der Waals surface area (Å²) >= 11 is 0. The highest BCUT2D eigenvalue weighted by atomic mass is 14.7. The molecule has 66 valence electrons. The van der Waals surface area contributed by atoms with Gasteiger partial charge in [0.1, 0.15) is 0 Å². The zero-order valence-electron chi connectivity index (χ0n) is 8.57. The molecular weight excluding hydrogens is 134 g/mol. The molecule has 0 aliphatic rings. The van der Waals surface area contributed by atoms with Gasteiger partial charge in [0.15, 0.2) is 0 Å². The number of hydrogen-bond acceptors (Lipinski definition) is 1. The lowest BCUT2D eigenvalue weighted by atomic mass is 9.83. The minimum Gasteiger partial charge on any atom is -0.297 e. The summed E-state index contributed by atoms with van der Waals surface area (Å²) in [6, 6.07) is 0. The van der Waals surface area contributed by atoms with E-state index in [1.807, 2.05) is 7.05 Å². The lowest BCUT2D eigenvalue weighted by molar-refractivity contribution is 0.451. The van der Waals surface area contributed by atoms with Crippen molar-refractivity contribution in [3.05, 3.63) is 0 Å². The molecule has 0 spiro atoms. The first-order chi connectivity index (χ1) is 5.04. The average molecular weight is 155 g/mol. The van der Waals surface area contributed by atoms with Gasteiger partial charge in [-0.05, 0) is 13.3 Å². The van der Waals surface area contributed by atoms with Crippen molar-refractivity contribution in [1.29, 1.82) is 0 Å². The van der Waals surface area contributed by atoms with Crippen molar-refractivity contribution in [2.75, 3.05) is 7.05 Å². The minimum absolute atomic E-state index is 0.310. The molecule has 1 nitrogen and oxygen atoms in total. The van der Waals surface area contributed by atoms with Crippen LogP contribution in [0.1, 0.15) is 47.0 Å². The molecule has 0 aliphatic heterocycles. The van der Waals surface area contributed by atoms with Gasteiger partial charge in [0, 0.05) is 18.2 Å². The van der Waals surface area contributed by atoms with Gasteiger partial charge in [0.2, 0.25) is 0 Å². The average Bonchev–Trinajstić information content (AvgIpc) is 1.99. The molecule has 0 fully saturated rings. The van der Waals surface area contributed by atoms with Gasteiger partial charge in [0.05, 0.1) is 0 Å². The summed E-state index contributed by atoms with van der Waals surface area (Å²) in [5.74, 6) is 0. The SMILES string of the molecule is CCCCC(C)(C)C(C)=NC. The van der Waals surface area contributed by atoms with Crippen LogP contribution in [0.25, 0.3) is 0 Å². The highest BCUT2D eigenvalue weighted by molar-refractivity contribution is 5.87. The second-order valence-electron chi connectivity index (χ2n) is 3.80. The van der Waals surface area contributed by atoms with Crippen molar-refractivity contribution in [3.8, 4) is 0 Å². The fourth-order valence-electron chi connectivity index (χ4n) is 1.10. The molecule has 0 aromatic heterocycles. The topological polar surface area (TPSA) is 12.4 Å². The monoisotopic (exact) mass is 155 g/mol. The van der Waals surface area contributed by atoms with Crippen LogP contribution in [0.2, 0.25) is 0 Å². The molecular formula is C10H21N. The normalized spacial score (nSPS) is 13.7. The van der Waals surface area contributed by atoms with Crippen LogP contribution >= 0.6 is 0 Å². The third-order valence-corrected chi connectivity index (χ3v) is 2.47. The summed E-state index contributed by atoms with van der Waals surface area (Å²) in [5, 5.41) is 0. The van der Waals surface area contributed by atoms with Crippen LogP contribution in [0.5, 0.6) is 0 Å². The molecule has 0 bridgehead atoms. The van der Waals surface area contributed by atoms with Crippen LogP contribution in [0.4, 0.5) is 0 Å². The van der Waals surface area contributed by atoms with Crippen LogP contribution in [-0.4, -0.2) is 12.8 Å². The fraction of sp³-hybridized carbons (Fsp3) is 0.900. The van der Waals surface area contributed by atoms with Gasteiger partial charge in [0.25, 0.3) is 0 Å². The lowest BCUT2D eigenvalue weighted by Gasteiger charge is -2.23. The molecule has 11 heavy (non-hydrogen) atoms. The van der Waals surface area contributed by atoms with Crippen molar-refractivity contribution < 1.29 is 0 Å². The first-order valence-corrected chi connectivity index (χ1v) is 4.48. The minimum atomic E-state index is 0.310. The maximum absolute atomic E-state index is 4.23. The van der Waals surface area contributed by atoms with Crippen molar-refractivity contribution in [2.45, 2.75) is 47.0 Å². The molecule has 1 heteroatoms. The predicted octanol–water partition coefficient (Wildman–Crippen LogP) is 3.29. The Morgan fingerprint density at radius 3 is 2.27 bits per heavy atom. The van der Waals surface area contributed by atoms with Crippen molar-refractivity contribution >= 4 is 5.71 Å². The Kier molecular flexibility index (Phi) is 4.39. The predicted molar refractivity (Wildman–Crippen MR) is 52.3 cm³/mol. The van der Waals surface area contributed by atoms with Gasteiger partial charge < -0.3 is 0 Å². The summed E-state index contributed by atoms with van der Waals surface area (Å²) in [5.41, 5.74) is 1.58. The first-order valence-electron chi connectivity index (χ1n) is 4.48. The van der Waals surface area contributed by atoms with Gasteiger partial charge in [-0.2, -0.15) is 0 Å². The zero-order valence-corrected chi connectivity index (χ0v) is 8.57. The van der Waals surface area contributed by atoms with E-state index in [1.54, 1.807) is 0 Å². The molecule has 0 amide bonds. The molecule has 0 radical (unpaired) electrons. The molecule has 0 saturated heterocycles. The summed E-state index contributed by atoms with van der Waals surface area (Å²) < 4.78 is 0. The Morgan fingerprint density at radius 2 is 1.91 bits per heavy atom. The third-order valence-electron chi connectivity index (χ3n) is 2.47. The van der Waals surface area contributed by atoms with E-state index in [4.69, 9.17) is 0 Å². The fourth-order valence-corrected chi connectivity index (χ4v) is 1.10. The standard InChI is InChI=1S/C10H21N/c1-6-7-8-10(3,4)9(2)11-5/h6-8H2,1-5H3. The number of unbranched alkanes of at least 4 members (excludes halogenated alkanes) is 1. The Labute approximate surface area is 70.9 Å². The summed E-state index contributed by atoms with van der Waals surface area (Å²) in [7, 11) is 1.88. The molecule has 0 saturated carbocycles. The molecule has 0 aromatic rings. The molecule has 0 aliphatic carbocycles. The van der Waals surface area contributed by atoms with Crippen LogP contribution < -0.4 is 0 Å². The van der Waals surface area contributed by atoms with Crippen LogP contribution in [0, 0.1) is 5.41 Å². The van der Waals surface area contributed by atoms with Crippen LogP contribution in [0.3, 0.4) is 0 Å². The van der Waals surface area contributed by atoms with E-state index in [-0.39, 0.29) is 0 Å². The Balaban J connectivity index is 3.99. The quantitative estimate of drug-likeness (QED) is 0.552. The summed E-state index contributed by atoms with van der Waals surface area (Å²) in [6.07, 6.45) is 3.84. The number of aliphatic imine (C=N–C) groups is 1. The Bertz CT molecular complexity index is 134. The first kappa shape index (κ1) is 10.7. The van der Waals surface area contributed by atoms with Gasteiger partial charge in [-0.1, -0.05) is 33.6 Å². The Hall–Kier alpha value is -0.330. The van der Waals surface area contributed by atoms with E-state index < -0.39 is 0 Å². The van der Waals surface area contributed by atoms with Crippen molar-refractivity contribution in [1.82, 2.24) is 0 Å². The maximum atomic E-state index is 4.23. The van der Waals surface area contributed by atoms with E-state index in [9.17, 15) is 0 Å². The Morgan fingerprint density at radius 1 is 1.36 bits per heavy atom. The second kappa shape index (κ2) is 4.53. The number of nitrogens with zero attached hydrogens (tertiary/aromatic N) is 1. The molecule has 0 rings (SSSR count). The van der Waals surface area contributed by atoms with Crippen LogP contribution in [-0.2, 0) is 0 Å². The lowest BCUT2D eigenvalue weighted by Crippen LogP contribution is -2.21. The number of rotatable bonds is 4. The smallest absolute Gasteiger partial charge is 0.0276 e. The summed E-state index contributed by atoms with van der Waals surface area (Å²) in [6.45, 7) is 8.89. The van der Waals surface area contributed by atoms with Gasteiger partial charge in [-0.3, -0.25) is 4.99 Å². The molecule has 0 unspecified atom stereocenters. The largest absolute Gasteiger partial charge is 0.297 e. The van der Waals surface area contributed by atoms with E-state index in [1.165, 1.54) is 25.0 Å². The highest BCUT2D eigenvalue weighted by Crippen LogP contribution is 2.24. The highest BCUT2D eigenvalue weighted by Gasteiger charge is 2.19. The molecule has 0 aromatic carbocycles. The van der Waals surface area contributed by atoms with Crippen LogP contribution in [0.15, 0.2) is 4.99 Å². The zero-order chi connectivity index (χ0) is 8.91. The second-order valence-corrected chi connectivity index (χ2v) is 3.80. The maximum Gasteiger partial charge on any atom is 0.0276 e. The summed E-state index contributed by atoms with van der Waals surface area (Å²) in [4.78, 5) is 4.23. The van der Waals surface area contributed by atoms with Gasteiger partial charge in [-0.25, -0.2) is 0 Å².